The monoisotopic (exact) mass is 353 g/mol. The fourth-order valence-corrected chi connectivity index (χ4v) is 4.24. The third-order valence-electron chi connectivity index (χ3n) is 5.51. The first-order chi connectivity index (χ1) is 11.5. The Morgan fingerprint density at radius 3 is 2.71 bits per heavy atom. The van der Waals surface area contributed by atoms with Crippen molar-refractivity contribution in [1.82, 2.24) is 19.6 Å². The Labute approximate surface area is 148 Å². The molecular weight excluding hydrogens is 326 g/mol. The van der Waals surface area contributed by atoms with Gasteiger partial charge in [0.15, 0.2) is 5.69 Å². The molecule has 0 radical (unpaired) electrons. The molecule has 134 valence electrons. The van der Waals surface area contributed by atoms with Gasteiger partial charge in [-0.3, -0.25) is 9.48 Å². The van der Waals surface area contributed by atoms with E-state index in [1.54, 1.807) is 0 Å². The molecule has 2 fully saturated rings. The van der Waals surface area contributed by atoms with Crippen LogP contribution in [0.1, 0.15) is 49.3 Å². The summed E-state index contributed by atoms with van der Waals surface area (Å²) >= 11 is 6.49. The lowest BCUT2D eigenvalue weighted by Crippen LogP contribution is -2.54. The molecule has 3 heterocycles. The fraction of sp³-hybridized carbons (Fsp3) is 0.765. The number of aryl methyl sites for hydroxylation is 1. The maximum atomic E-state index is 12.8. The molecule has 1 aliphatic carbocycles. The summed E-state index contributed by atoms with van der Waals surface area (Å²) in [5.74, 6) is 0.384. The second-order valence-corrected chi connectivity index (χ2v) is 7.46. The smallest absolute Gasteiger partial charge is 0.275 e. The van der Waals surface area contributed by atoms with Crippen molar-refractivity contribution in [1.29, 1.82) is 0 Å². The highest BCUT2D eigenvalue weighted by molar-refractivity contribution is 6.34. The maximum Gasteiger partial charge on any atom is 0.275 e. The quantitative estimate of drug-likeness (QED) is 0.838. The van der Waals surface area contributed by atoms with Gasteiger partial charge in [-0.2, -0.15) is 5.10 Å². The van der Waals surface area contributed by atoms with Crippen LogP contribution in [0.25, 0.3) is 0 Å². The number of fused-ring (bicyclic) bond motifs is 2. The number of hydrogen-bond acceptors (Lipinski definition) is 4. The second-order valence-electron chi connectivity index (χ2n) is 7.08. The van der Waals surface area contributed by atoms with Gasteiger partial charge in [0.2, 0.25) is 0 Å². The van der Waals surface area contributed by atoms with Crippen molar-refractivity contribution >= 4 is 17.5 Å². The van der Waals surface area contributed by atoms with Crippen LogP contribution >= 0.6 is 11.6 Å². The molecule has 1 aromatic rings. The number of likely N-dealkylation sites (tertiary alicyclic amines) is 1. The van der Waals surface area contributed by atoms with E-state index in [1.807, 2.05) is 23.4 Å². The number of nitrogens with zero attached hydrogens (tertiary/aromatic N) is 4. The van der Waals surface area contributed by atoms with Crippen LogP contribution in [0.15, 0.2) is 0 Å². The van der Waals surface area contributed by atoms with Gasteiger partial charge in [-0.15, -0.1) is 0 Å². The van der Waals surface area contributed by atoms with Crippen molar-refractivity contribution in [3.8, 4) is 0 Å². The zero-order valence-corrected chi connectivity index (χ0v) is 15.6. The first-order valence-corrected chi connectivity index (χ1v) is 9.37. The lowest BCUT2D eigenvalue weighted by molar-refractivity contribution is 0.0778. The van der Waals surface area contributed by atoms with Gasteiger partial charge in [0.1, 0.15) is 0 Å². The molecule has 3 aliphatic rings. The first kappa shape index (κ1) is 17.7. The van der Waals surface area contributed by atoms with Gasteiger partial charge in [-0.25, -0.2) is 0 Å². The number of carbonyl (C=O) groups excluding carboxylic acids is 1. The first-order valence-electron chi connectivity index (χ1n) is 9.00. The highest BCUT2D eigenvalue weighted by Gasteiger charge is 2.51. The third-order valence-corrected chi connectivity index (χ3v) is 5.91. The molecule has 2 unspecified atom stereocenters. The van der Waals surface area contributed by atoms with Crippen molar-refractivity contribution in [2.75, 3.05) is 26.7 Å². The molecule has 0 spiro atoms. The molecule has 6 nitrogen and oxygen atoms in total. The molecule has 1 amide bonds. The largest absolute Gasteiger partial charge is 0.335 e. The lowest BCUT2D eigenvalue weighted by atomic mass is 9.70. The molecule has 1 saturated heterocycles. The van der Waals surface area contributed by atoms with Gasteiger partial charge in [-0.05, 0) is 32.2 Å². The summed E-state index contributed by atoms with van der Waals surface area (Å²) in [5.41, 5.74) is 7.52. The van der Waals surface area contributed by atoms with Crippen LogP contribution < -0.4 is 5.73 Å². The Morgan fingerprint density at radius 2 is 2.12 bits per heavy atom. The normalized spacial score (nSPS) is 29.0. The zero-order valence-electron chi connectivity index (χ0n) is 14.9. The Balaban J connectivity index is 0.000000815. The second kappa shape index (κ2) is 6.65. The Hall–Kier alpha value is -1.11. The third kappa shape index (κ3) is 2.85. The summed E-state index contributed by atoms with van der Waals surface area (Å²) in [5, 5.41) is 5.03. The lowest BCUT2D eigenvalue weighted by Gasteiger charge is -2.39. The number of halogens is 1. The van der Waals surface area contributed by atoms with Gasteiger partial charge in [0.05, 0.1) is 10.7 Å². The summed E-state index contributed by atoms with van der Waals surface area (Å²) in [6, 6.07) is 0. The predicted octanol–water partition coefficient (Wildman–Crippen LogP) is 1.96. The van der Waals surface area contributed by atoms with E-state index in [0.717, 1.165) is 51.1 Å². The highest BCUT2D eigenvalue weighted by atomic mass is 35.5. The maximum absolute atomic E-state index is 12.8. The molecule has 2 aliphatic heterocycles. The number of nitrogens with two attached hydrogens (primary N) is 1. The molecule has 0 aromatic carbocycles. The van der Waals surface area contributed by atoms with Crippen molar-refractivity contribution < 1.29 is 4.79 Å². The van der Waals surface area contributed by atoms with E-state index in [1.165, 1.54) is 0 Å². The zero-order chi connectivity index (χ0) is 17.5. The minimum atomic E-state index is -0.167. The number of hydrogen-bond donors (Lipinski definition) is 1. The minimum absolute atomic E-state index is 0.0625. The van der Waals surface area contributed by atoms with Crippen LogP contribution in [0, 0.1) is 5.92 Å². The fourth-order valence-electron chi connectivity index (χ4n) is 3.96. The SMILES string of the molecule is CC.CN1CCCn2nc(C(=O)N3CC4CCC4(N)C3)c(Cl)c2C1. The van der Waals surface area contributed by atoms with E-state index >= 15 is 0 Å². The van der Waals surface area contributed by atoms with E-state index in [0.29, 0.717) is 23.2 Å². The molecule has 0 bridgehead atoms. The number of amides is 1. The predicted molar refractivity (Wildman–Crippen MR) is 95.1 cm³/mol. The van der Waals surface area contributed by atoms with E-state index < -0.39 is 0 Å². The summed E-state index contributed by atoms with van der Waals surface area (Å²) in [6.45, 7) is 7.95. The van der Waals surface area contributed by atoms with Crippen LogP contribution in [0.5, 0.6) is 0 Å². The average molecular weight is 354 g/mol. The van der Waals surface area contributed by atoms with Crippen LogP contribution in [-0.2, 0) is 13.1 Å². The molecule has 7 heteroatoms. The van der Waals surface area contributed by atoms with E-state index in [-0.39, 0.29) is 11.4 Å². The molecule has 2 N–H and O–H groups in total. The van der Waals surface area contributed by atoms with Crippen LogP contribution in [0.3, 0.4) is 0 Å². The van der Waals surface area contributed by atoms with Crippen molar-refractivity contribution in [3.05, 3.63) is 16.4 Å². The van der Waals surface area contributed by atoms with E-state index in [9.17, 15) is 4.79 Å². The van der Waals surface area contributed by atoms with Crippen molar-refractivity contribution in [2.24, 2.45) is 11.7 Å². The number of aromatic nitrogens is 2. The van der Waals surface area contributed by atoms with Crippen molar-refractivity contribution in [3.63, 3.8) is 0 Å². The molecule has 24 heavy (non-hydrogen) atoms. The standard InChI is InChI=1S/C15H22ClN5O.C2H6/c1-19-5-2-6-21-11(8-19)12(16)13(18-21)14(22)20-7-10-3-4-15(10,17)9-20;1-2/h10H,2-9,17H2,1H3;1-2H3. The van der Waals surface area contributed by atoms with Gasteiger partial charge in [0, 0.05) is 38.3 Å². The highest BCUT2D eigenvalue weighted by Crippen LogP contribution is 2.43. The summed E-state index contributed by atoms with van der Waals surface area (Å²) in [4.78, 5) is 16.9. The summed E-state index contributed by atoms with van der Waals surface area (Å²) in [7, 11) is 2.07. The van der Waals surface area contributed by atoms with Crippen molar-refractivity contribution in [2.45, 2.75) is 51.7 Å². The topological polar surface area (TPSA) is 67.4 Å². The Bertz CT molecular complexity index is 631. The molecule has 1 saturated carbocycles. The van der Waals surface area contributed by atoms with Crippen LogP contribution in [-0.4, -0.2) is 57.7 Å². The summed E-state index contributed by atoms with van der Waals surface area (Å²) in [6.07, 6.45) is 3.16. The Kier molecular flexibility index (Phi) is 4.91. The number of carbonyl (C=O) groups is 1. The number of rotatable bonds is 1. The Morgan fingerprint density at radius 1 is 1.38 bits per heavy atom. The molecular formula is C17H28ClN5O. The van der Waals surface area contributed by atoms with Gasteiger partial charge in [-0.1, -0.05) is 25.4 Å². The van der Waals surface area contributed by atoms with E-state index in [4.69, 9.17) is 17.3 Å². The average Bonchev–Trinajstić information content (AvgIpc) is 2.89. The van der Waals surface area contributed by atoms with Gasteiger partial charge >= 0.3 is 0 Å². The van der Waals surface area contributed by atoms with Crippen LogP contribution in [0.2, 0.25) is 5.02 Å². The molecule has 2 atom stereocenters. The minimum Gasteiger partial charge on any atom is -0.335 e. The van der Waals surface area contributed by atoms with Gasteiger partial charge < -0.3 is 15.5 Å². The molecule has 4 rings (SSSR count). The van der Waals surface area contributed by atoms with E-state index in [2.05, 4.69) is 17.0 Å². The van der Waals surface area contributed by atoms with Gasteiger partial charge in [0.25, 0.3) is 5.91 Å². The molecule has 1 aromatic heterocycles. The summed E-state index contributed by atoms with van der Waals surface area (Å²) < 4.78 is 1.90. The van der Waals surface area contributed by atoms with Crippen LogP contribution in [0.4, 0.5) is 0 Å².